The number of alkyl halides is 3. The molecule has 68 valence electrons. The third kappa shape index (κ3) is 2.63. The standard InChI is InChI=1S/C5H5F3N2S2/c1-11-4-3(2-9-10-4)12-5(6,7)8/h2H,1H3,(H,9,10). The summed E-state index contributed by atoms with van der Waals surface area (Å²) in [5, 5.41) is 6.42. The lowest BCUT2D eigenvalue weighted by Gasteiger charge is -2.03. The van der Waals surface area contributed by atoms with Crippen molar-refractivity contribution in [2.45, 2.75) is 15.4 Å². The Morgan fingerprint density at radius 1 is 1.50 bits per heavy atom. The van der Waals surface area contributed by atoms with Crippen LogP contribution in [0.3, 0.4) is 0 Å². The van der Waals surface area contributed by atoms with Gasteiger partial charge >= 0.3 is 5.51 Å². The smallest absolute Gasteiger partial charge is 0.271 e. The summed E-state index contributed by atoms with van der Waals surface area (Å²) in [7, 11) is 0. The van der Waals surface area contributed by atoms with Crippen LogP contribution in [0.4, 0.5) is 13.2 Å². The second-order valence-electron chi connectivity index (χ2n) is 1.82. The predicted molar refractivity (Wildman–Crippen MR) is 42.3 cm³/mol. The number of halogens is 3. The molecule has 1 aromatic rings. The van der Waals surface area contributed by atoms with Gasteiger partial charge in [-0.05, 0) is 18.0 Å². The van der Waals surface area contributed by atoms with Crippen molar-refractivity contribution in [2.75, 3.05) is 6.26 Å². The van der Waals surface area contributed by atoms with Gasteiger partial charge in [0.1, 0.15) is 5.03 Å². The van der Waals surface area contributed by atoms with Gasteiger partial charge in [0.15, 0.2) is 0 Å². The molecule has 7 heteroatoms. The maximum atomic E-state index is 11.8. The highest BCUT2D eigenvalue weighted by Gasteiger charge is 2.30. The molecule has 0 atom stereocenters. The minimum atomic E-state index is -4.24. The molecular weight excluding hydrogens is 209 g/mol. The fourth-order valence-corrected chi connectivity index (χ4v) is 1.87. The summed E-state index contributed by atoms with van der Waals surface area (Å²) in [4.78, 5) is 0.120. The van der Waals surface area contributed by atoms with E-state index in [0.717, 1.165) is 0 Å². The van der Waals surface area contributed by atoms with Crippen LogP contribution in [0.1, 0.15) is 0 Å². The van der Waals surface area contributed by atoms with E-state index in [4.69, 9.17) is 0 Å². The zero-order valence-corrected chi connectivity index (χ0v) is 7.61. The highest BCUT2D eigenvalue weighted by molar-refractivity contribution is 8.02. The number of hydrogen-bond acceptors (Lipinski definition) is 3. The first-order valence-electron chi connectivity index (χ1n) is 2.86. The molecule has 1 aromatic heterocycles. The molecule has 0 bridgehead atoms. The van der Waals surface area contributed by atoms with E-state index in [9.17, 15) is 13.2 Å². The molecule has 0 radical (unpaired) electrons. The quantitative estimate of drug-likeness (QED) is 0.767. The molecule has 0 aliphatic rings. The fourth-order valence-electron chi connectivity index (χ4n) is 0.607. The average molecular weight is 214 g/mol. The zero-order valence-electron chi connectivity index (χ0n) is 5.97. The first-order chi connectivity index (χ1) is 5.53. The van der Waals surface area contributed by atoms with Crippen molar-refractivity contribution in [3.05, 3.63) is 6.20 Å². The van der Waals surface area contributed by atoms with Gasteiger partial charge in [0.25, 0.3) is 0 Å². The van der Waals surface area contributed by atoms with Crippen LogP contribution in [0.2, 0.25) is 0 Å². The van der Waals surface area contributed by atoms with Gasteiger partial charge < -0.3 is 0 Å². The SMILES string of the molecule is CSc1[nH]ncc1SC(F)(F)F. The molecule has 12 heavy (non-hydrogen) atoms. The summed E-state index contributed by atoms with van der Waals surface area (Å²) in [6, 6.07) is 0. The average Bonchev–Trinajstić information content (AvgIpc) is 2.31. The molecule has 2 nitrogen and oxygen atoms in total. The summed E-state index contributed by atoms with van der Waals surface area (Å²) in [5.74, 6) is 0. The van der Waals surface area contributed by atoms with Gasteiger partial charge in [-0.1, -0.05) is 0 Å². The summed E-state index contributed by atoms with van der Waals surface area (Å²) in [5.41, 5.74) is -4.24. The largest absolute Gasteiger partial charge is 0.446 e. The van der Waals surface area contributed by atoms with Crippen LogP contribution >= 0.6 is 23.5 Å². The fraction of sp³-hybridized carbons (Fsp3) is 0.400. The van der Waals surface area contributed by atoms with Gasteiger partial charge in [0, 0.05) is 0 Å². The van der Waals surface area contributed by atoms with Crippen LogP contribution in [0.15, 0.2) is 16.1 Å². The van der Waals surface area contributed by atoms with Crippen LogP contribution < -0.4 is 0 Å². The molecule has 0 fully saturated rings. The number of thioether (sulfide) groups is 2. The Balaban J connectivity index is 2.75. The van der Waals surface area contributed by atoms with Crippen molar-refractivity contribution < 1.29 is 13.2 Å². The van der Waals surface area contributed by atoms with Crippen molar-refractivity contribution in [1.82, 2.24) is 10.2 Å². The van der Waals surface area contributed by atoms with E-state index in [0.29, 0.717) is 5.03 Å². The minimum Gasteiger partial charge on any atom is -0.271 e. The van der Waals surface area contributed by atoms with Crippen LogP contribution in [0.5, 0.6) is 0 Å². The number of nitrogens with one attached hydrogen (secondary N) is 1. The van der Waals surface area contributed by atoms with E-state index in [1.807, 2.05) is 0 Å². The Morgan fingerprint density at radius 2 is 2.17 bits per heavy atom. The van der Waals surface area contributed by atoms with Gasteiger partial charge in [0.05, 0.1) is 11.1 Å². The van der Waals surface area contributed by atoms with E-state index in [-0.39, 0.29) is 16.7 Å². The maximum absolute atomic E-state index is 11.8. The van der Waals surface area contributed by atoms with Crippen LogP contribution in [0, 0.1) is 0 Å². The highest BCUT2D eigenvalue weighted by Crippen LogP contribution is 2.39. The molecule has 1 rings (SSSR count). The third-order valence-corrected chi connectivity index (χ3v) is 2.61. The second kappa shape index (κ2) is 3.61. The maximum Gasteiger partial charge on any atom is 0.446 e. The van der Waals surface area contributed by atoms with E-state index < -0.39 is 5.51 Å². The Kier molecular flexibility index (Phi) is 2.94. The topological polar surface area (TPSA) is 28.7 Å². The van der Waals surface area contributed by atoms with Crippen LogP contribution in [-0.2, 0) is 0 Å². The Morgan fingerprint density at radius 3 is 2.67 bits per heavy atom. The predicted octanol–water partition coefficient (Wildman–Crippen LogP) is 2.74. The Labute approximate surface area is 75.3 Å². The number of nitrogens with zero attached hydrogens (tertiary/aromatic N) is 1. The molecular formula is C5H5F3N2S2. The molecule has 0 aliphatic heterocycles. The van der Waals surface area contributed by atoms with Gasteiger partial charge in [-0.3, -0.25) is 5.10 Å². The molecule has 0 aliphatic carbocycles. The summed E-state index contributed by atoms with van der Waals surface area (Å²) in [6.07, 6.45) is 2.86. The first-order valence-corrected chi connectivity index (χ1v) is 4.90. The molecule has 0 saturated heterocycles. The van der Waals surface area contributed by atoms with Crippen molar-refractivity contribution in [3.63, 3.8) is 0 Å². The Hall–Kier alpha value is -0.300. The normalized spacial score (nSPS) is 12.0. The number of hydrogen-bond donors (Lipinski definition) is 1. The molecule has 1 N–H and O–H groups in total. The van der Waals surface area contributed by atoms with Gasteiger partial charge in [-0.2, -0.15) is 18.3 Å². The molecule has 0 amide bonds. The number of aromatic amines is 1. The van der Waals surface area contributed by atoms with Gasteiger partial charge in [0.2, 0.25) is 0 Å². The summed E-state index contributed by atoms with van der Waals surface area (Å²) >= 11 is 1.05. The summed E-state index contributed by atoms with van der Waals surface area (Å²) < 4.78 is 35.5. The lowest BCUT2D eigenvalue weighted by molar-refractivity contribution is -0.0328. The monoisotopic (exact) mass is 214 g/mol. The molecule has 0 aromatic carbocycles. The van der Waals surface area contributed by atoms with Crippen LogP contribution in [0.25, 0.3) is 0 Å². The molecule has 0 spiro atoms. The third-order valence-electron chi connectivity index (χ3n) is 1.00. The number of rotatable bonds is 2. The first kappa shape index (κ1) is 9.79. The van der Waals surface area contributed by atoms with E-state index in [2.05, 4.69) is 10.2 Å². The van der Waals surface area contributed by atoms with Gasteiger partial charge in [-0.15, -0.1) is 11.8 Å². The van der Waals surface area contributed by atoms with Crippen molar-refractivity contribution in [2.24, 2.45) is 0 Å². The molecule has 1 heterocycles. The van der Waals surface area contributed by atoms with Crippen molar-refractivity contribution in [3.8, 4) is 0 Å². The van der Waals surface area contributed by atoms with E-state index in [1.165, 1.54) is 18.0 Å². The van der Waals surface area contributed by atoms with E-state index in [1.54, 1.807) is 6.26 Å². The highest BCUT2D eigenvalue weighted by atomic mass is 32.2. The lowest BCUT2D eigenvalue weighted by Crippen LogP contribution is -1.98. The minimum absolute atomic E-state index is 0.120. The summed E-state index contributed by atoms with van der Waals surface area (Å²) in [6.45, 7) is 0. The molecule has 0 saturated carbocycles. The molecule has 0 unspecified atom stereocenters. The number of H-pyrrole nitrogens is 1. The number of aromatic nitrogens is 2. The van der Waals surface area contributed by atoms with Crippen LogP contribution in [-0.4, -0.2) is 22.0 Å². The zero-order chi connectivity index (χ0) is 9.19. The Bertz CT molecular complexity index is 257. The van der Waals surface area contributed by atoms with Crippen molar-refractivity contribution >= 4 is 23.5 Å². The lowest BCUT2D eigenvalue weighted by atomic mass is 10.7. The van der Waals surface area contributed by atoms with E-state index >= 15 is 0 Å². The second-order valence-corrected chi connectivity index (χ2v) is 3.74. The van der Waals surface area contributed by atoms with Gasteiger partial charge in [-0.25, -0.2) is 0 Å². The van der Waals surface area contributed by atoms with Crippen molar-refractivity contribution in [1.29, 1.82) is 0 Å².